The molecule has 23 heavy (non-hydrogen) atoms. The van der Waals surface area contributed by atoms with Crippen molar-refractivity contribution in [3.05, 3.63) is 23.1 Å². The Hall–Kier alpha value is -2.15. The zero-order valence-electron chi connectivity index (χ0n) is 14.1. The van der Waals surface area contributed by atoms with Crippen molar-refractivity contribution in [1.82, 2.24) is 30.6 Å². The van der Waals surface area contributed by atoms with Crippen molar-refractivity contribution in [2.45, 2.75) is 33.2 Å². The molecule has 2 aromatic heterocycles. The topological polar surface area (TPSA) is 87.6 Å². The third-order valence-corrected chi connectivity index (χ3v) is 4.69. The summed E-state index contributed by atoms with van der Waals surface area (Å²) >= 11 is 0. The SMILES string of the molecule is Cc1nn(C)c(C)c1-c1cc(C(=O)NC2CCNCC2C)[nH]n1. The second-order valence-corrected chi connectivity index (χ2v) is 6.39. The van der Waals surface area contributed by atoms with Crippen molar-refractivity contribution in [3.8, 4) is 11.3 Å². The van der Waals surface area contributed by atoms with E-state index in [0.29, 0.717) is 11.6 Å². The van der Waals surface area contributed by atoms with Crippen molar-refractivity contribution in [3.63, 3.8) is 0 Å². The molecule has 3 rings (SSSR count). The quantitative estimate of drug-likeness (QED) is 0.793. The van der Waals surface area contributed by atoms with Gasteiger partial charge in [0.2, 0.25) is 0 Å². The Balaban J connectivity index is 1.77. The summed E-state index contributed by atoms with van der Waals surface area (Å²) in [6.07, 6.45) is 0.953. The number of amides is 1. The first-order valence-electron chi connectivity index (χ1n) is 8.05. The smallest absolute Gasteiger partial charge is 0.269 e. The molecule has 3 heterocycles. The summed E-state index contributed by atoms with van der Waals surface area (Å²) in [6.45, 7) is 7.98. The molecule has 0 aromatic carbocycles. The van der Waals surface area contributed by atoms with Crippen LogP contribution in [0.25, 0.3) is 11.3 Å². The van der Waals surface area contributed by atoms with Crippen LogP contribution < -0.4 is 10.6 Å². The molecule has 124 valence electrons. The van der Waals surface area contributed by atoms with Gasteiger partial charge in [0.05, 0.1) is 11.4 Å². The molecule has 2 unspecified atom stereocenters. The molecule has 7 nitrogen and oxygen atoms in total. The van der Waals surface area contributed by atoms with Crippen molar-refractivity contribution in [2.75, 3.05) is 13.1 Å². The Labute approximate surface area is 135 Å². The third-order valence-electron chi connectivity index (χ3n) is 4.69. The summed E-state index contributed by atoms with van der Waals surface area (Å²) in [5.74, 6) is 0.333. The molecule has 2 atom stereocenters. The number of piperidine rings is 1. The average molecular weight is 316 g/mol. The van der Waals surface area contributed by atoms with E-state index in [1.807, 2.05) is 25.6 Å². The van der Waals surface area contributed by atoms with Crippen molar-refractivity contribution in [1.29, 1.82) is 0 Å². The standard InChI is InChI=1S/C16H24N6O/c1-9-8-17-6-5-12(9)18-16(23)14-7-13(19-20-14)15-10(2)21-22(4)11(15)3/h7,9,12,17H,5-6,8H2,1-4H3,(H,18,23)(H,19,20). The molecule has 1 saturated heterocycles. The van der Waals surface area contributed by atoms with Gasteiger partial charge in [-0.05, 0) is 45.3 Å². The van der Waals surface area contributed by atoms with E-state index in [1.165, 1.54) is 0 Å². The molecule has 7 heteroatoms. The highest BCUT2D eigenvalue weighted by Gasteiger charge is 2.24. The van der Waals surface area contributed by atoms with E-state index in [0.717, 1.165) is 42.2 Å². The number of carbonyl (C=O) groups excluding carboxylic acids is 1. The molecular weight excluding hydrogens is 292 g/mol. The number of carbonyl (C=O) groups is 1. The molecule has 0 aliphatic carbocycles. The van der Waals surface area contributed by atoms with Gasteiger partial charge < -0.3 is 10.6 Å². The molecule has 1 aliphatic heterocycles. The zero-order valence-corrected chi connectivity index (χ0v) is 14.1. The molecule has 0 spiro atoms. The number of aromatic amines is 1. The summed E-state index contributed by atoms with van der Waals surface area (Å²) in [6, 6.07) is 2.01. The van der Waals surface area contributed by atoms with Gasteiger partial charge in [-0.3, -0.25) is 14.6 Å². The van der Waals surface area contributed by atoms with Crippen LogP contribution in [0.2, 0.25) is 0 Å². The third kappa shape index (κ3) is 3.01. The summed E-state index contributed by atoms with van der Waals surface area (Å²) < 4.78 is 1.83. The predicted octanol–water partition coefficient (Wildman–Crippen LogP) is 1.15. The molecule has 0 bridgehead atoms. The van der Waals surface area contributed by atoms with Crippen LogP contribution in [0.1, 0.15) is 35.2 Å². The first-order chi connectivity index (χ1) is 11.0. The maximum absolute atomic E-state index is 12.5. The van der Waals surface area contributed by atoms with Gasteiger partial charge in [-0.1, -0.05) is 6.92 Å². The van der Waals surface area contributed by atoms with Gasteiger partial charge in [-0.2, -0.15) is 10.2 Å². The minimum Gasteiger partial charge on any atom is -0.348 e. The minimum atomic E-state index is -0.0957. The maximum atomic E-state index is 12.5. The molecule has 0 radical (unpaired) electrons. The lowest BCUT2D eigenvalue weighted by Gasteiger charge is -2.29. The molecule has 1 aliphatic rings. The van der Waals surface area contributed by atoms with E-state index in [1.54, 1.807) is 6.07 Å². The number of H-pyrrole nitrogens is 1. The van der Waals surface area contributed by atoms with Crippen molar-refractivity contribution < 1.29 is 4.79 Å². The van der Waals surface area contributed by atoms with E-state index >= 15 is 0 Å². The molecule has 3 N–H and O–H groups in total. The minimum absolute atomic E-state index is 0.0957. The number of hydrogen-bond acceptors (Lipinski definition) is 4. The molecule has 2 aromatic rings. The van der Waals surface area contributed by atoms with Gasteiger partial charge in [0, 0.05) is 24.3 Å². The van der Waals surface area contributed by atoms with Crippen LogP contribution in [-0.2, 0) is 7.05 Å². The van der Waals surface area contributed by atoms with E-state index in [9.17, 15) is 4.79 Å². The van der Waals surface area contributed by atoms with E-state index < -0.39 is 0 Å². The van der Waals surface area contributed by atoms with E-state index in [2.05, 4.69) is 32.9 Å². The van der Waals surface area contributed by atoms with Gasteiger partial charge in [-0.15, -0.1) is 0 Å². The second kappa shape index (κ2) is 6.16. The number of rotatable bonds is 3. The van der Waals surface area contributed by atoms with Gasteiger partial charge in [-0.25, -0.2) is 0 Å². The Morgan fingerprint density at radius 2 is 2.22 bits per heavy atom. The van der Waals surface area contributed by atoms with Crippen LogP contribution in [0.3, 0.4) is 0 Å². The molecule has 1 fully saturated rings. The Bertz CT molecular complexity index is 716. The van der Waals surface area contributed by atoms with E-state index in [-0.39, 0.29) is 11.9 Å². The lowest BCUT2D eigenvalue weighted by Crippen LogP contribution is -2.48. The van der Waals surface area contributed by atoms with Crippen LogP contribution >= 0.6 is 0 Å². The summed E-state index contributed by atoms with van der Waals surface area (Å²) in [5.41, 5.74) is 4.19. The Morgan fingerprint density at radius 3 is 2.87 bits per heavy atom. The molecular formula is C16H24N6O. The lowest BCUT2D eigenvalue weighted by atomic mass is 9.95. The second-order valence-electron chi connectivity index (χ2n) is 6.39. The number of hydrogen-bond donors (Lipinski definition) is 3. The van der Waals surface area contributed by atoms with Gasteiger partial charge >= 0.3 is 0 Å². The normalized spacial score (nSPS) is 21.4. The van der Waals surface area contributed by atoms with Gasteiger partial charge in [0.1, 0.15) is 5.69 Å². The molecule has 0 saturated carbocycles. The highest BCUT2D eigenvalue weighted by molar-refractivity contribution is 5.93. The summed E-state index contributed by atoms with van der Waals surface area (Å²) in [7, 11) is 1.91. The summed E-state index contributed by atoms with van der Waals surface area (Å²) in [4.78, 5) is 12.5. The van der Waals surface area contributed by atoms with Crippen LogP contribution in [0.4, 0.5) is 0 Å². The van der Waals surface area contributed by atoms with Crippen LogP contribution in [0, 0.1) is 19.8 Å². The van der Waals surface area contributed by atoms with E-state index in [4.69, 9.17) is 0 Å². The van der Waals surface area contributed by atoms with Gasteiger partial charge in [0.15, 0.2) is 0 Å². The fourth-order valence-corrected chi connectivity index (χ4v) is 3.19. The fourth-order valence-electron chi connectivity index (χ4n) is 3.19. The molecule has 1 amide bonds. The Kier molecular flexibility index (Phi) is 4.21. The van der Waals surface area contributed by atoms with Crippen LogP contribution in [0.5, 0.6) is 0 Å². The summed E-state index contributed by atoms with van der Waals surface area (Å²) in [5, 5.41) is 18.0. The maximum Gasteiger partial charge on any atom is 0.269 e. The predicted molar refractivity (Wildman–Crippen MR) is 88.2 cm³/mol. The van der Waals surface area contributed by atoms with Crippen molar-refractivity contribution in [2.24, 2.45) is 13.0 Å². The van der Waals surface area contributed by atoms with Crippen LogP contribution in [0.15, 0.2) is 6.07 Å². The average Bonchev–Trinajstić information content (AvgIpc) is 3.07. The highest BCUT2D eigenvalue weighted by Crippen LogP contribution is 2.25. The largest absolute Gasteiger partial charge is 0.348 e. The Morgan fingerprint density at radius 1 is 1.43 bits per heavy atom. The number of nitrogens with zero attached hydrogens (tertiary/aromatic N) is 3. The van der Waals surface area contributed by atoms with Gasteiger partial charge in [0.25, 0.3) is 5.91 Å². The first kappa shape index (κ1) is 15.7. The first-order valence-corrected chi connectivity index (χ1v) is 8.05. The number of aryl methyl sites for hydroxylation is 2. The lowest BCUT2D eigenvalue weighted by molar-refractivity contribution is 0.0909. The fraction of sp³-hybridized carbons (Fsp3) is 0.562. The van der Waals surface area contributed by atoms with Crippen molar-refractivity contribution >= 4 is 5.91 Å². The monoisotopic (exact) mass is 316 g/mol. The zero-order chi connectivity index (χ0) is 16.6. The van der Waals surface area contributed by atoms with Crippen LogP contribution in [-0.4, -0.2) is 45.0 Å². The number of nitrogens with one attached hydrogen (secondary N) is 3. The highest BCUT2D eigenvalue weighted by atomic mass is 16.2. The number of aromatic nitrogens is 4.